The van der Waals surface area contributed by atoms with Gasteiger partial charge in [-0.05, 0) is 61.6 Å². The Morgan fingerprint density at radius 3 is 2.65 bits per heavy atom. The lowest BCUT2D eigenvalue weighted by Crippen LogP contribution is -2.41. The molecule has 2 aliphatic carbocycles. The van der Waals surface area contributed by atoms with Gasteiger partial charge in [0, 0.05) is 31.0 Å². The second kappa shape index (κ2) is 11.3. The minimum absolute atomic E-state index is 0.00306. The molecule has 0 unspecified atom stereocenters. The van der Waals surface area contributed by atoms with E-state index in [2.05, 4.69) is 12.0 Å². The largest absolute Gasteiger partial charge is 0.465 e. The molecular weight excluding hydrogens is 533 g/mol. The molecule has 0 bridgehead atoms. The first-order valence-electron chi connectivity index (χ1n) is 13.5. The van der Waals surface area contributed by atoms with E-state index in [0.29, 0.717) is 12.0 Å². The molecule has 0 radical (unpaired) electrons. The van der Waals surface area contributed by atoms with Crippen LogP contribution in [0.25, 0.3) is 5.69 Å². The predicted molar refractivity (Wildman–Crippen MR) is 149 cm³/mol. The number of benzene rings is 2. The molecule has 40 heavy (non-hydrogen) atoms. The summed E-state index contributed by atoms with van der Waals surface area (Å²) in [5.74, 6) is -1.21. The van der Waals surface area contributed by atoms with E-state index in [-0.39, 0.29) is 42.1 Å². The van der Waals surface area contributed by atoms with Crippen molar-refractivity contribution in [2.45, 2.75) is 50.9 Å². The highest BCUT2D eigenvalue weighted by atomic mass is 32.2. The van der Waals surface area contributed by atoms with Crippen LogP contribution in [0.2, 0.25) is 0 Å². The van der Waals surface area contributed by atoms with Crippen molar-refractivity contribution in [3.63, 3.8) is 0 Å². The maximum atomic E-state index is 13.7. The van der Waals surface area contributed by atoms with Crippen LogP contribution in [-0.2, 0) is 26.9 Å². The Morgan fingerprint density at radius 2 is 1.95 bits per heavy atom. The van der Waals surface area contributed by atoms with E-state index in [1.807, 2.05) is 10.9 Å². The van der Waals surface area contributed by atoms with E-state index in [1.165, 1.54) is 34.7 Å². The maximum Gasteiger partial charge on any atom is 0.338 e. The number of aliphatic hydroxyl groups is 1. The Bertz CT molecular complexity index is 1550. The lowest BCUT2D eigenvalue weighted by molar-refractivity contribution is 0.0599. The van der Waals surface area contributed by atoms with Crippen LogP contribution in [0, 0.1) is 11.7 Å². The fourth-order valence-corrected chi connectivity index (χ4v) is 7.84. The number of hydrogen-bond donors (Lipinski definition) is 1. The number of hydrogen-bond acceptors (Lipinski definition) is 6. The van der Waals surface area contributed by atoms with Crippen LogP contribution in [0.1, 0.15) is 59.8 Å². The molecule has 1 N–H and O–H groups in total. The van der Waals surface area contributed by atoms with E-state index in [0.717, 1.165) is 29.8 Å². The summed E-state index contributed by atoms with van der Waals surface area (Å²) in [6.07, 6.45) is 3.37. The van der Waals surface area contributed by atoms with Crippen LogP contribution < -0.4 is 0 Å². The molecule has 10 heteroatoms. The van der Waals surface area contributed by atoms with Crippen molar-refractivity contribution in [2.24, 2.45) is 5.92 Å². The summed E-state index contributed by atoms with van der Waals surface area (Å²) < 4.78 is 49.0. The smallest absolute Gasteiger partial charge is 0.338 e. The van der Waals surface area contributed by atoms with Crippen molar-refractivity contribution in [2.75, 3.05) is 20.2 Å². The molecule has 1 heterocycles. The zero-order chi connectivity index (χ0) is 28.6. The van der Waals surface area contributed by atoms with Crippen LogP contribution in [0.5, 0.6) is 0 Å². The second-order valence-corrected chi connectivity index (χ2v) is 12.7. The molecule has 212 valence electrons. The van der Waals surface area contributed by atoms with Gasteiger partial charge in [-0.25, -0.2) is 22.3 Å². The molecule has 8 nitrogen and oxygen atoms in total. The zero-order valence-corrected chi connectivity index (χ0v) is 23.7. The third-order valence-corrected chi connectivity index (χ3v) is 9.74. The molecular formula is C30H34FN3O5S. The number of carbonyl (C=O) groups is 1. The highest BCUT2D eigenvalue weighted by Crippen LogP contribution is 2.47. The molecule has 0 saturated heterocycles. The zero-order valence-electron chi connectivity index (χ0n) is 22.9. The number of halogens is 1. The number of ether oxygens (including phenoxy) is 1. The van der Waals surface area contributed by atoms with Crippen molar-refractivity contribution in [3.05, 3.63) is 94.1 Å². The third kappa shape index (κ3) is 5.48. The average molecular weight is 568 g/mol. The quantitative estimate of drug-likeness (QED) is 0.304. The molecule has 0 saturated carbocycles. The molecule has 2 aromatic carbocycles. The first-order valence-corrected chi connectivity index (χ1v) is 15.1. The highest BCUT2D eigenvalue weighted by molar-refractivity contribution is 7.88. The molecule has 5 rings (SSSR count). The van der Waals surface area contributed by atoms with Crippen LogP contribution >= 0.6 is 0 Å². The number of esters is 1. The van der Waals surface area contributed by atoms with Gasteiger partial charge in [0.2, 0.25) is 10.0 Å². The van der Waals surface area contributed by atoms with Gasteiger partial charge in [-0.2, -0.15) is 9.40 Å². The van der Waals surface area contributed by atoms with Crippen molar-refractivity contribution < 1.29 is 27.4 Å². The molecule has 1 aromatic heterocycles. The van der Waals surface area contributed by atoms with Crippen molar-refractivity contribution in [1.29, 1.82) is 0 Å². The van der Waals surface area contributed by atoms with Crippen LogP contribution in [0.4, 0.5) is 4.39 Å². The summed E-state index contributed by atoms with van der Waals surface area (Å²) in [6, 6.07) is 12.8. The van der Waals surface area contributed by atoms with E-state index in [4.69, 9.17) is 4.74 Å². The van der Waals surface area contributed by atoms with Crippen molar-refractivity contribution in [1.82, 2.24) is 14.1 Å². The topological polar surface area (TPSA) is 102 Å². The van der Waals surface area contributed by atoms with Gasteiger partial charge in [0.25, 0.3) is 0 Å². The number of fused-ring (bicyclic) bond motifs is 1. The minimum Gasteiger partial charge on any atom is -0.465 e. The summed E-state index contributed by atoms with van der Waals surface area (Å²) >= 11 is 0. The summed E-state index contributed by atoms with van der Waals surface area (Å²) in [4.78, 5) is 12.2. The minimum atomic E-state index is -3.88. The molecule has 0 fully saturated rings. The van der Waals surface area contributed by atoms with Crippen LogP contribution in [0.3, 0.4) is 0 Å². The predicted octanol–water partition coefficient (Wildman–Crippen LogP) is 4.38. The van der Waals surface area contributed by atoms with Gasteiger partial charge in [-0.15, -0.1) is 0 Å². The number of nitrogens with zero attached hydrogens (tertiary/aromatic N) is 3. The van der Waals surface area contributed by atoms with Gasteiger partial charge in [0.15, 0.2) is 0 Å². The van der Waals surface area contributed by atoms with Crippen molar-refractivity contribution in [3.8, 4) is 5.69 Å². The number of sulfonamides is 1. The SMILES string of the molecule is COC(=O)c1ccccc1CS(=O)(=O)N(C[C@@H]1CCC2=C1[C@@H](C)c1cnn(-c3ccc(F)cc3)c1C2)C[C@@H](C)O. The standard InChI is InChI=1S/C30H34FN3O5S/c1-19(35)16-33(40(37,38)18-23-6-4-5-7-26(23)30(36)39-3)17-22-9-8-21-14-28-27(20(2)29(21)22)15-32-34(28)25-12-10-24(31)11-13-25/h4-7,10-13,15,19-20,22,35H,8-9,14,16-18H2,1-3H3/t19-,20+,22+/m1/s1. The molecule has 0 spiro atoms. The average Bonchev–Trinajstić information content (AvgIpc) is 3.53. The van der Waals surface area contributed by atoms with E-state index < -0.39 is 22.1 Å². The van der Waals surface area contributed by atoms with Gasteiger partial charge in [-0.3, -0.25) is 0 Å². The third-order valence-electron chi connectivity index (χ3n) is 7.97. The number of carbonyl (C=O) groups excluding carboxylic acids is 1. The van der Waals surface area contributed by atoms with E-state index in [9.17, 15) is 22.7 Å². The molecule has 0 aliphatic heterocycles. The Morgan fingerprint density at radius 1 is 1.23 bits per heavy atom. The Balaban J connectivity index is 1.40. The summed E-state index contributed by atoms with van der Waals surface area (Å²) in [6.45, 7) is 3.91. The van der Waals surface area contributed by atoms with Gasteiger partial charge in [-0.1, -0.05) is 36.3 Å². The van der Waals surface area contributed by atoms with E-state index >= 15 is 0 Å². The number of rotatable bonds is 9. The first kappa shape index (κ1) is 28.2. The molecule has 2 aliphatic rings. The summed E-state index contributed by atoms with van der Waals surface area (Å²) in [5, 5.41) is 14.8. The van der Waals surface area contributed by atoms with Crippen LogP contribution in [0.15, 0.2) is 65.9 Å². The number of aliphatic hydroxyl groups excluding tert-OH is 1. The van der Waals surface area contributed by atoms with Gasteiger partial charge >= 0.3 is 5.97 Å². The summed E-state index contributed by atoms with van der Waals surface area (Å²) in [7, 11) is -2.61. The van der Waals surface area contributed by atoms with E-state index in [1.54, 1.807) is 43.3 Å². The van der Waals surface area contributed by atoms with Gasteiger partial charge in [0.1, 0.15) is 5.82 Å². The van der Waals surface area contributed by atoms with Crippen LogP contribution in [-0.4, -0.2) is 59.9 Å². The fourth-order valence-electron chi connectivity index (χ4n) is 6.16. The first-order chi connectivity index (χ1) is 19.1. The lowest BCUT2D eigenvalue weighted by Gasteiger charge is -2.31. The number of aromatic nitrogens is 2. The van der Waals surface area contributed by atoms with Gasteiger partial charge in [0.05, 0.1) is 42.1 Å². The van der Waals surface area contributed by atoms with Gasteiger partial charge < -0.3 is 9.84 Å². The second-order valence-electron chi connectivity index (χ2n) is 10.7. The Labute approximate surface area is 234 Å². The Kier molecular flexibility index (Phi) is 7.94. The molecule has 3 aromatic rings. The lowest BCUT2D eigenvalue weighted by atomic mass is 9.80. The Hall–Kier alpha value is -3.34. The monoisotopic (exact) mass is 567 g/mol. The number of methoxy groups -OCH3 is 1. The molecule has 0 amide bonds. The number of allylic oxidation sites excluding steroid dienone is 1. The summed E-state index contributed by atoms with van der Waals surface area (Å²) in [5.41, 5.74) is 6.07. The fraction of sp³-hybridized carbons (Fsp3) is 0.400. The highest BCUT2D eigenvalue weighted by Gasteiger charge is 2.38. The molecule has 3 atom stereocenters. The normalized spacial score (nSPS) is 19.4. The maximum absolute atomic E-state index is 13.7. The van der Waals surface area contributed by atoms with Crippen molar-refractivity contribution >= 4 is 16.0 Å².